The number of ether oxygens (including phenoxy) is 3. The van der Waals surface area contributed by atoms with Gasteiger partial charge in [0.25, 0.3) is 0 Å². The molecule has 1 aromatic carbocycles. The largest absolute Gasteiger partial charge is 0.478 e. The first-order valence-electron chi connectivity index (χ1n) is 7.80. The fraction of sp³-hybridized carbons (Fsp3) is 0.333. The van der Waals surface area contributed by atoms with Crippen molar-refractivity contribution in [2.75, 3.05) is 21.3 Å². The molecular weight excluding hydrogens is 397 g/mol. The molecule has 0 saturated carbocycles. The number of methoxy groups -OCH3 is 3. The van der Waals surface area contributed by atoms with Crippen LogP contribution in [0.1, 0.15) is 18.4 Å². The number of halogens is 2. The number of carboxylic acids is 1. The van der Waals surface area contributed by atoms with Crippen molar-refractivity contribution in [1.29, 1.82) is 0 Å². The van der Waals surface area contributed by atoms with E-state index in [1.54, 1.807) is 19.1 Å². The third-order valence-corrected chi connectivity index (χ3v) is 4.73. The van der Waals surface area contributed by atoms with Crippen LogP contribution in [-0.2, 0) is 23.8 Å². The van der Waals surface area contributed by atoms with Crippen LogP contribution in [0.15, 0.2) is 40.7 Å². The van der Waals surface area contributed by atoms with Crippen LogP contribution in [0.2, 0.25) is 10.0 Å². The number of carbonyl (C=O) groups is 2. The molecule has 27 heavy (non-hydrogen) atoms. The first kappa shape index (κ1) is 21.2. The third-order valence-electron chi connectivity index (χ3n) is 4.17. The zero-order valence-corrected chi connectivity index (χ0v) is 16.6. The highest BCUT2D eigenvalue weighted by Crippen LogP contribution is 2.42. The van der Waals surface area contributed by atoms with Gasteiger partial charge in [0.2, 0.25) is 0 Å². The number of carbonyl (C=O) groups excluding carboxylic acids is 1. The van der Waals surface area contributed by atoms with Crippen molar-refractivity contribution in [3.05, 3.63) is 56.3 Å². The molecule has 1 heterocycles. The minimum atomic E-state index is -1.21. The second-order valence-electron chi connectivity index (χ2n) is 5.69. The Morgan fingerprint density at radius 2 is 1.78 bits per heavy atom. The van der Waals surface area contributed by atoms with Crippen LogP contribution in [0.5, 0.6) is 0 Å². The maximum absolute atomic E-state index is 12.6. The van der Waals surface area contributed by atoms with Crippen LogP contribution in [0.4, 0.5) is 0 Å². The lowest BCUT2D eigenvalue weighted by molar-refractivity contribution is -0.137. The molecule has 7 nitrogen and oxygen atoms in total. The first-order valence-corrected chi connectivity index (χ1v) is 8.56. The Morgan fingerprint density at radius 3 is 2.26 bits per heavy atom. The number of carboxylic acid groups (broad SMARTS) is 1. The van der Waals surface area contributed by atoms with Gasteiger partial charge in [-0.25, -0.2) is 9.59 Å². The number of rotatable bonds is 6. The summed E-state index contributed by atoms with van der Waals surface area (Å²) in [6.07, 6.45) is -0.946. The van der Waals surface area contributed by atoms with Crippen LogP contribution >= 0.6 is 23.2 Å². The zero-order valence-electron chi connectivity index (χ0n) is 15.1. The van der Waals surface area contributed by atoms with Gasteiger partial charge in [0.15, 0.2) is 6.29 Å². The predicted molar refractivity (Wildman–Crippen MR) is 99.5 cm³/mol. The zero-order chi connectivity index (χ0) is 20.3. The molecule has 0 spiro atoms. The Kier molecular flexibility index (Phi) is 6.89. The van der Waals surface area contributed by atoms with Crippen LogP contribution in [0, 0.1) is 0 Å². The van der Waals surface area contributed by atoms with Gasteiger partial charge in [0, 0.05) is 30.0 Å². The van der Waals surface area contributed by atoms with E-state index < -0.39 is 24.1 Å². The molecule has 0 amide bonds. The second-order valence-corrected chi connectivity index (χ2v) is 6.53. The quantitative estimate of drug-likeness (QED) is 0.544. The summed E-state index contributed by atoms with van der Waals surface area (Å²) in [7, 11) is 4.00. The highest BCUT2D eigenvalue weighted by atomic mass is 35.5. The second kappa shape index (κ2) is 8.75. The Hall–Kier alpha value is -2.06. The molecule has 146 valence electrons. The number of aliphatic carboxylic acids is 1. The molecule has 0 radical (unpaired) electrons. The minimum absolute atomic E-state index is 0.0263. The Labute approximate surface area is 166 Å². The molecule has 0 aliphatic carbocycles. The normalized spacial score (nSPS) is 17.2. The molecule has 1 aliphatic rings. The number of dihydropyridines is 1. The van der Waals surface area contributed by atoms with E-state index in [4.69, 9.17) is 37.4 Å². The van der Waals surface area contributed by atoms with Gasteiger partial charge >= 0.3 is 11.9 Å². The molecule has 0 bridgehead atoms. The molecule has 0 saturated heterocycles. The summed E-state index contributed by atoms with van der Waals surface area (Å²) in [5.41, 5.74) is 0.932. The summed E-state index contributed by atoms with van der Waals surface area (Å²) in [5, 5.41) is 13.3. The van der Waals surface area contributed by atoms with Gasteiger partial charge in [-0.15, -0.1) is 0 Å². The Morgan fingerprint density at radius 1 is 1.15 bits per heavy atom. The number of allylic oxidation sites excluding steroid dienone is 1. The van der Waals surface area contributed by atoms with Gasteiger partial charge in [0.05, 0.1) is 29.9 Å². The van der Waals surface area contributed by atoms with E-state index >= 15 is 0 Å². The minimum Gasteiger partial charge on any atom is -0.478 e. The molecular formula is C18H19Cl2NO6. The number of benzene rings is 1. The monoisotopic (exact) mass is 415 g/mol. The van der Waals surface area contributed by atoms with E-state index in [1.807, 2.05) is 0 Å². The van der Waals surface area contributed by atoms with Crippen LogP contribution in [0.25, 0.3) is 0 Å². The van der Waals surface area contributed by atoms with Crippen LogP contribution in [0.3, 0.4) is 0 Å². The summed E-state index contributed by atoms with van der Waals surface area (Å²) >= 11 is 12.3. The third kappa shape index (κ3) is 4.11. The van der Waals surface area contributed by atoms with Crippen molar-refractivity contribution in [2.45, 2.75) is 19.1 Å². The van der Waals surface area contributed by atoms with E-state index in [1.165, 1.54) is 27.4 Å². The predicted octanol–water partition coefficient (Wildman–Crippen LogP) is 3.08. The summed E-state index contributed by atoms with van der Waals surface area (Å²) in [5.74, 6) is -2.95. The van der Waals surface area contributed by atoms with Crippen molar-refractivity contribution in [1.82, 2.24) is 5.32 Å². The number of hydrogen-bond acceptors (Lipinski definition) is 6. The molecule has 0 fully saturated rings. The topological polar surface area (TPSA) is 94.1 Å². The standard InChI is InChI=1S/C18H19Cl2NO6/c1-8-12(16(22)23)13(10-6-5-9(19)7-11(10)20)14(17(24)25-2)15(21-8)18(26-3)27-4/h5-7,13,18,21H,1-4H3,(H,22,23). The van der Waals surface area contributed by atoms with E-state index in [2.05, 4.69) is 5.32 Å². The molecule has 1 aliphatic heterocycles. The van der Waals surface area contributed by atoms with E-state index in [0.717, 1.165) is 0 Å². The van der Waals surface area contributed by atoms with Gasteiger partial charge in [-0.3, -0.25) is 0 Å². The number of esters is 1. The van der Waals surface area contributed by atoms with E-state index in [0.29, 0.717) is 16.3 Å². The average Bonchev–Trinajstić information content (AvgIpc) is 2.61. The molecule has 1 atom stereocenters. The van der Waals surface area contributed by atoms with Crippen molar-refractivity contribution < 1.29 is 28.9 Å². The van der Waals surface area contributed by atoms with Gasteiger partial charge in [0.1, 0.15) is 0 Å². The average molecular weight is 416 g/mol. The highest BCUT2D eigenvalue weighted by molar-refractivity contribution is 6.35. The first-order chi connectivity index (χ1) is 12.8. The van der Waals surface area contributed by atoms with Crippen molar-refractivity contribution in [3.63, 3.8) is 0 Å². The molecule has 0 aromatic heterocycles. The lowest BCUT2D eigenvalue weighted by atomic mass is 9.80. The smallest absolute Gasteiger partial charge is 0.336 e. The molecule has 1 aromatic rings. The van der Waals surface area contributed by atoms with Crippen molar-refractivity contribution in [3.8, 4) is 0 Å². The van der Waals surface area contributed by atoms with E-state index in [9.17, 15) is 14.7 Å². The molecule has 2 N–H and O–H groups in total. The van der Waals surface area contributed by atoms with Crippen molar-refractivity contribution >= 4 is 35.1 Å². The fourth-order valence-corrected chi connectivity index (χ4v) is 3.56. The molecule has 1 unspecified atom stereocenters. The Balaban J connectivity index is 2.84. The van der Waals surface area contributed by atoms with Gasteiger partial charge in [-0.1, -0.05) is 29.3 Å². The lowest BCUT2D eigenvalue weighted by Gasteiger charge is -2.33. The van der Waals surface area contributed by atoms with Gasteiger partial charge in [-0.2, -0.15) is 0 Å². The summed E-state index contributed by atoms with van der Waals surface area (Å²) in [4.78, 5) is 24.6. The Bertz CT molecular complexity index is 829. The summed E-state index contributed by atoms with van der Waals surface area (Å²) < 4.78 is 15.4. The maximum Gasteiger partial charge on any atom is 0.336 e. The van der Waals surface area contributed by atoms with Crippen LogP contribution in [-0.4, -0.2) is 44.7 Å². The van der Waals surface area contributed by atoms with Gasteiger partial charge < -0.3 is 24.6 Å². The van der Waals surface area contributed by atoms with E-state index in [-0.39, 0.29) is 21.9 Å². The highest BCUT2D eigenvalue weighted by Gasteiger charge is 2.41. The lowest BCUT2D eigenvalue weighted by Crippen LogP contribution is -2.38. The fourth-order valence-electron chi connectivity index (χ4n) is 3.04. The number of hydrogen-bond donors (Lipinski definition) is 2. The molecule has 9 heteroatoms. The maximum atomic E-state index is 12.6. The molecule has 2 rings (SSSR count). The SMILES string of the molecule is COC(=O)C1=C(C(OC)OC)NC(C)=C(C(=O)O)C1c1ccc(Cl)cc1Cl. The van der Waals surface area contributed by atoms with Crippen LogP contribution < -0.4 is 5.32 Å². The summed E-state index contributed by atoms with van der Waals surface area (Å²) in [6.45, 7) is 1.58. The van der Waals surface area contributed by atoms with Crippen molar-refractivity contribution in [2.24, 2.45) is 0 Å². The summed E-state index contributed by atoms with van der Waals surface area (Å²) in [6, 6.07) is 4.62. The van der Waals surface area contributed by atoms with Gasteiger partial charge in [-0.05, 0) is 24.6 Å². The number of nitrogens with one attached hydrogen (secondary N) is 1.